The normalized spacial score (nSPS) is 11.1. The van der Waals surface area contributed by atoms with E-state index in [9.17, 15) is 53.5 Å². The van der Waals surface area contributed by atoms with Crippen molar-refractivity contribution in [3.05, 3.63) is 182 Å². The molecule has 0 aliphatic carbocycles. The highest BCUT2D eigenvalue weighted by atomic mass is 35.5. The number of halogens is 13. The molecule has 0 bridgehead atoms. The van der Waals surface area contributed by atoms with E-state index in [1.165, 1.54) is 66.7 Å². The molecule has 62 heavy (non-hydrogen) atoms. The minimum absolute atomic E-state index is 0.0144. The Kier molecular flexibility index (Phi) is 18.7. The number of phenolic OH excluding ortho intramolecular Hbond substituents is 1. The fourth-order valence-electron chi connectivity index (χ4n) is 4.74. The lowest BCUT2D eigenvalue weighted by molar-refractivity contribution is -0.138. The zero-order valence-corrected chi connectivity index (χ0v) is 34.0. The number of hydrogen-bond acceptors (Lipinski definition) is 5. The van der Waals surface area contributed by atoms with Crippen LogP contribution in [-0.2, 0) is 24.9 Å². The monoisotopic (exact) mass is 934 g/mol. The van der Waals surface area contributed by atoms with Gasteiger partial charge in [-0.1, -0.05) is 60.3 Å². The Balaban J connectivity index is 0.000000231. The molecule has 0 heterocycles. The summed E-state index contributed by atoms with van der Waals surface area (Å²) in [6.45, 7) is 2.08. The quantitative estimate of drug-likeness (QED) is 0.122. The fraction of sp³-hybridized carbons (Fsp3) is 0.136. The second kappa shape index (κ2) is 22.9. The predicted molar refractivity (Wildman–Crippen MR) is 215 cm³/mol. The lowest BCUT2D eigenvalue weighted by Crippen LogP contribution is -2.05. The van der Waals surface area contributed by atoms with Crippen LogP contribution in [0, 0.1) is 5.82 Å². The van der Waals surface area contributed by atoms with Gasteiger partial charge < -0.3 is 14.6 Å². The van der Waals surface area contributed by atoms with Crippen molar-refractivity contribution >= 4 is 47.4 Å². The number of aldehydes is 2. The van der Waals surface area contributed by atoms with Gasteiger partial charge >= 0.3 is 18.5 Å². The summed E-state index contributed by atoms with van der Waals surface area (Å²) in [5, 5.41) is 7.60. The number of aromatic hydroxyl groups is 1. The lowest BCUT2D eigenvalue weighted by Gasteiger charge is -2.12. The molecule has 0 saturated carbocycles. The van der Waals surface area contributed by atoms with Crippen molar-refractivity contribution in [3.63, 3.8) is 0 Å². The number of carbonyl (C=O) groups excluding carboxylic acids is 2. The van der Waals surface area contributed by atoms with Gasteiger partial charge in [0.15, 0.2) is 0 Å². The molecule has 1 N–H and O–H groups in total. The number of hydrogen-bond donors (Lipinski definition) is 1. The minimum atomic E-state index is -4.54. The molecule has 0 spiro atoms. The molecule has 6 aromatic carbocycles. The maximum atomic E-state index is 12.8. The Morgan fingerprint density at radius 3 is 1.19 bits per heavy atom. The first-order valence-electron chi connectivity index (χ1n) is 17.5. The van der Waals surface area contributed by atoms with Crippen LogP contribution in [0.3, 0.4) is 0 Å². The van der Waals surface area contributed by atoms with E-state index < -0.39 is 46.0 Å². The number of ether oxygens (including phenoxy) is 2. The summed E-state index contributed by atoms with van der Waals surface area (Å²) in [5.41, 5.74) is -0.771. The van der Waals surface area contributed by atoms with E-state index in [2.05, 4.69) is 6.92 Å². The largest absolute Gasteiger partial charge is 0.508 e. The van der Waals surface area contributed by atoms with Crippen LogP contribution in [0.2, 0.25) is 15.1 Å². The molecular weight excluding hydrogens is 905 g/mol. The predicted octanol–water partition coefficient (Wildman–Crippen LogP) is 15.8. The maximum Gasteiger partial charge on any atom is 0.417 e. The van der Waals surface area contributed by atoms with E-state index >= 15 is 0 Å². The highest BCUT2D eigenvalue weighted by Crippen LogP contribution is 2.39. The number of alkyl halides is 9. The molecule has 0 fully saturated rings. The van der Waals surface area contributed by atoms with Gasteiger partial charge in [0.05, 0.1) is 31.8 Å². The van der Waals surface area contributed by atoms with Crippen LogP contribution < -0.4 is 9.47 Å². The molecule has 0 unspecified atom stereocenters. The SMILES string of the molecule is CCCc1ccc(Oc2ccc(Cl)c(C(F)(F)F)c2)cc1.O=Cc1ccc(F)cc1.O=Cc1ccc(Oc2ccc(Cl)c(C(F)(F)F)c2)cc1.Oc1ccc(Cl)c(C(F)(F)F)c1. The smallest absolute Gasteiger partial charge is 0.417 e. The third-order valence-corrected chi connectivity index (χ3v) is 8.69. The molecule has 6 aromatic rings. The van der Waals surface area contributed by atoms with E-state index in [1.807, 2.05) is 12.1 Å². The maximum absolute atomic E-state index is 12.8. The van der Waals surface area contributed by atoms with Crippen molar-refractivity contribution in [1.29, 1.82) is 0 Å². The summed E-state index contributed by atoms with van der Waals surface area (Å²) in [4.78, 5) is 20.5. The highest BCUT2D eigenvalue weighted by Gasteiger charge is 2.35. The number of rotatable bonds is 8. The van der Waals surface area contributed by atoms with Crippen LogP contribution in [0.25, 0.3) is 0 Å². The van der Waals surface area contributed by atoms with Gasteiger partial charge in [-0.3, -0.25) is 9.59 Å². The Morgan fingerprint density at radius 1 is 0.500 bits per heavy atom. The van der Waals surface area contributed by atoms with Crippen molar-refractivity contribution in [3.8, 4) is 28.7 Å². The molecule has 0 radical (unpaired) electrons. The van der Waals surface area contributed by atoms with Gasteiger partial charge in [0.1, 0.15) is 47.1 Å². The van der Waals surface area contributed by atoms with Crippen molar-refractivity contribution in [2.45, 2.75) is 38.3 Å². The molecule has 0 aromatic heterocycles. The van der Waals surface area contributed by atoms with Gasteiger partial charge in [0, 0.05) is 11.1 Å². The van der Waals surface area contributed by atoms with Crippen molar-refractivity contribution in [2.75, 3.05) is 0 Å². The molecule has 5 nitrogen and oxygen atoms in total. The van der Waals surface area contributed by atoms with Crippen LogP contribution in [0.4, 0.5) is 43.9 Å². The number of carbonyl (C=O) groups is 2. The van der Waals surface area contributed by atoms with E-state index in [0.717, 1.165) is 48.7 Å². The van der Waals surface area contributed by atoms with Gasteiger partial charge in [0.25, 0.3) is 0 Å². The molecule has 0 amide bonds. The molecule has 0 saturated heterocycles. The summed E-state index contributed by atoms with van der Waals surface area (Å²) in [5.74, 6) is 0.166. The van der Waals surface area contributed by atoms with Gasteiger partial charge in [-0.05, 0) is 127 Å². The molecule has 0 aliphatic heterocycles. The Labute approximate surface area is 363 Å². The molecule has 0 atom stereocenters. The average molecular weight is 936 g/mol. The molecule has 6 rings (SSSR count). The summed E-state index contributed by atoms with van der Waals surface area (Å²) in [6.07, 6.45) is -10.2. The van der Waals surface area contributed by atoms with Crippen LogP contribution in [0.5, 0.6) is 28.7 Å². The number of phenols is 1. The van der Waals surface area contributed by atoms with Gasteiger partial charge in [-0.2, -0.15) is 39.5 Å². The third-order valence-electron chi connectivity index (χ3n) is 7.70. The second-order valence-corrected chi connectivity index (χ2v) is 13.6. The summed E-state index contributed by atoms with van der Waals surface area (Å²) in [6, 6.07) is 28.1. The van der Waals surface area contributed by atoms with Gasteiger partial charge in [-0.15, -0.1) is 0 Å². The summed E-state index contributed by atoms with van der Waals surface area (Å²) >= 11 is 16.3. The van der Waals surface area contributed by atoms with E-state index in [1.54, 1.807) is 12.1 Å². The van der Waals surface area contributed by atoms with E-state index in [4.69, 9.17) is 49.4 Å². The van der Waals surface area contributed by atoms with Crippen molar-refractivity contribution in [2.24, 2.45) is 0 Å². The Hall–Kier alpha value is -5.77. The Bertz CT molecular complexity index is 2370. The fourth-order valence-corrected chi connectivity index (χ4v) is 5.42. The van der Waals surface area contributed by atoms with Crippen LogP contribution in [-0.4, -0.2) is 17.7 Å². The van der Waals surface area contributed by atoms with Gasteiger partial charge in [-0.25, -0.2) is 4.39 Å². The van der Waals surface area contributed by atoms with Crippen LogP contribution >= 0.6 is 34.8 Å². The highest BCUT2D eigenvalue weighted by molar-refractivity contribution is 6.32. The van der Waals surface area contributed by atoms with E-state index in [-0.39, 0.29) is 27.4 Å². The topological polar surface area (TPSA) is 72.8 Å². The average Bonchev–Trinajstić information content (AvgIpc) is 3.21. The molecular formula is C44H31Cl3F10O5. The summed E-state index contributed by atoms with van der Waals surface area (Å²) in [7, 11) is 0. The van der Waals surface area contributed by atoms with Crippen LogP contribution in [0.15, 0.2) is 127 Å². The first-order chi connectivity index (χ1) is 29.0. The van der Waals surface area contributed by atoms with Crippen molar-refractivity contribution in [1.82, 2.24) is 0 Å². The standard InChI is InChI=1S/C16H14ClF3O.C14H8ClF3O2.C7H4ClF3O.C7H5FO/c1-2-3-11-4-6-12(7-5-11)21-13-8-9-15(17)14(10-13)16(18,19)20;15-13-6-5-11(7-12(13)14(16,17)18)20-10-3-1-9(8-19)2-4-10;8-6-2-1-4(12)3-5(6)7(9,10)11;8-7-3-1-6(5-9)2-4-7/h4-10H,2-3H2,1H3;1-8H;1-3,12H;1-5H. The number of benzene rings is 6. The second-order valence-electron chi connectivity index (χ2n) is 12.4. The summed E-state index contributed by atoms with van der Waals surface area (Å²) < 4.78 is 135. The Morgan fingerprint density at radius 2 is 0.839 bits per heavy atom. The molecule has 0 aliphatic rings. The zero-order valence-electron chi connectivity index (χ0n) is 31.7. The lowest BCUT2D eigenvalue weighted by atomic mass is 10.1. The zero-order chi connectivity index (χ0) is 46.3. The first-order valence-corrected chi connectivity index (χ1v) is 18.7. The minimum Gasteiger partial charge on any atom is -0.508 e. The first kappa shape index (κ1) is 50.6. The van der Waals surface area contributed by atoms with Crippen molar-refractivity contribution < 1.29 is 68.1 Å². The van der Waals surface area contributed by atoms with E-state index in [0.29, 0.717) is 41.3 Å². The molecule has 328 valence electrons. The van der Waals surface area contributed by atoms with Gasteiger partial charge in [0.2, 0.25) is 0 Å². The number of aryl methyl sites for hydroxylation is 1. The van der Waals surface area contributed by atoms with Crippen LogP contribution in [0.1, 0.15) is 56.3 Å². The molecule has 18 heteroatoms. The third kappa shape index (κ3) is 16.6.